The first kappa shape index (κ1) is 16.8. The lowest BCUT2D eigenvalue weighted by atomic mass is 9.90. The molecule has 0 saturated carbocycles. The van der Waals surface area contributed by atoms with Gasteiger partial charge in [0.25, 0.3) is 0 Å². The summed E-state index contributed by atoms with van der Waals surface area (Å²) in [6.07, 6.45) is 1.86. The highest BCUT2D eigenvalue weighted by Gasteiger charge is 2.25. The number of ether oxygens (including phenoxy) is 2. The van der Waals surface area contributed by atoms with E-state index < -0.39 is 0 Å². The third-order valence-corrected chi connectivity index (χ3v) is 5.02. The molecule has 0 fully saturated rings. The van der Waals surface area contributed by atoms with E-state index in [0.717, 1.165) is 35.3 Å². The van der Waals surface area contributed by atoms with Gasteiger partial charge in [-0.3, -0.25) is 0 Å². The van der Waals surface area contributed by atoms with E-state index in [0.29, 0.717) is 22.8 Å². The van der Waals surface area contributed by atoms with Crippen molar-refractivity contribution in [2.45, 2.75) is 38.9 Å². The van der Waals surface area contributed by atoms with E-state index in [2.05, 4.69) is 19.1 Å². The molecular weight excluding hydrogens is 304 g/mol. The third-order valence-electron chi connectivity index (χ3n) is 5.02. The Bertz CT molecular complexity index is 752. The van der Waals surface area contributed by atoms with Crippen LogP contribution in [0.15, 0.2) is 24.3 Å². The van der Waals surface area contributed by atoms with E-state index in [-0.39, 0.29) is 13.2 Å². The standard InChI is InChI=1S/C20H24O4/c1-12-4-6-16-18(15-7-5-14(23-2)9-17(12)15)8-13(10-21)19(11-22)20(16)24-3/h5,7-9,12,21-22H,4,6,10-11H2,1-3H3/t12-/m0/s1. The SMILES string of the molecule is COc1ccc2c(c1)[C@@H](C)CCc1c-2cc(CO)c(CO)c1OC. The number of aliphatic hydroxyl groups is 2. The molecule has 0 spiro atoms. The predicted molar refractivity (Wildman–Crippen MR) is 93.6 cm³/mol. The highest BCUT2D eigenvalue weighted by molar-refractivity contribution is 5.77. The minimum absolute atomic E-state index is 0.124. The zero-order chi connectivity index (χ0) is 17.3. The Balaban J connectivity index is 2.31. The number of hydrogen-bond acceptors (Lipinski definition) is 4. The van der Waals surface area contributed by atoms with Crippen molar-refractivity contribution in [3.05, 3.63) is 46.5 Å². The molecule has 0 amide bonds. The summed E-state index contributed by atoms with van der Waals surface area (Å²) in [6, 6.07) is 8.13. The Morgan fingerprint density at radius 3 is 2.46 bits per heavy atom. The maximum absolute atomic E-state index is 9.74. The van der Waals surface area contributed by atoms with E-state index in [9.17, 15) is 10.2 Å². The Morgan fingerprint density at radius 1 is 1.04 bits per heavy atom. The van der Waals surface area contributed by atoms with E-state index >= 15 is 0 Å². The fourth-order valence-corrected chi connectivity index (χ4v) is 3.69. The second-order valence-corrected chi connectivity index (χ2v) is 6.28. The molecule has 4 heteroatoms. The Kier molecular flexibility index (Phi) is 4.78. The van der Waals surface area contributed by atoms with Crippen molar-refractivity contribution in [3.63, 3.8) is 0 Å². The first-order valence-electron chi connectivity index (χ1n) is 8.26. The molecule has 0 aliphatic heterocycles. The number of hydrogen-bond donors (Lipinski definition) is 2. The van der Waals surface area contributed by atoms with Crippen molar-refractivity contribution in [1.82, 2.24) is 0 Å². The van der Waals surface area contributed by atoms with Crippen LogP contribution in [0.3, 0.4) is 0 Å². The van der Waals surface area contributed by atoms with Gasteiger partial charge in [0.05, 0.1) is 27.4 Å². The fourth-order valence-electron chi connectivity index (χ4n) is 3.69. The largest absolute Gasteiger partial charge is 0.497 e. The lowest BCUT2D eigenvalue weighted by Crippen LogP contribution is -2.04. The second-order valence-electron chi connectivity index (χ2n) is 6.28. The van der Waals surface area contributed by atoms with Crippen LogP contribution in [0.5, 0.6) is 11.5 Å². The lowest BCUT2D eigenvalue weighted by molar-refractivity contribution is 0.253. The van der Waals surface area contributed by atoms with Crippen LogP contribution in [-0.4, -0.2) is 24.4 Å². The molecule has 3 rings (SSSR count). The van der Waals surface area contributed by atoms with Gasteiger partial charge in [0, 0.05) is 11.1 Å². The number of rotatable bonds is 4. The molecule has 1 aliphatic carbocycles. The van der Waals surface area contributed by atoms with Gasteiger partial charge in [0.2, 0.25) is 0 Å². The molecule has 24 heavy (non-hydrogen) atoms. The predicted octanol–water partition coefficient (Wildman–Crippen LogP) is 3.41. The van der Waals surface area contributed by atoms with Crippen molar-refractivity contribution in [3.8, 4) is 22.6 Å². The van der Waals surface area contributed by atoms with E-state index in [1.807, 2.05) is 12.1 Å². The normalized spacial score (nSPS) is 16.1. The van der Waals surface area contributed by atoms with Crippen LogP contribution in [0.25, 0.3) is 11.1 Å². The molecule has 0 heterocycles. The number of methoxy groups -OCH3 is 2. The van der Waals surface area contributed by atoms with Crippen LogP contribution in [0.4, 0.5) is 0 Å². The van der Waals surface area contributed by atoms with Gasteiger partial charge in [-0.05, 0) is 59.2 Å². The zero-order valence-corrected chi connectivity index (χ0v) is 14.4. The van der Waals surface area contributed by atoms with Crippen molar-refractivity contribution in [2.24, 2.45) is 0 Å². The van der Waals surface area contributed by atoms with Crippen LogP contribution in [0.1, 0.15) is 41.5 Å². The molecule has 0 radical (unpaired) electrons. The summed E-state index contributed by atoms with van der Waals surface area (Å²) < 4.78 is 11.0. The summed E-state index contributed by atoms with van der Waals surface area (Å²) in [4.78, 5) is 0. The minimum atomic E-state index is -0.141. The summed E-state index contributed by atoms with van der Waals surface area (Å²) in [5.41, 5.74) is 5.97. The lowest BCUT2D eigenvalue weighted by Gasteiger charge is -2.19. The van der Waals surface area contributed by atoms with Gasteiger partial charge < -0.3 is 19.7 Å². The van der Waals surface area contributed by atoms with Gasteiger partial charge in [-0.2, -0.15) is 0 Å². The van der Waals surface area contributed by atoms with Crippen molar-refractivity contribution < 1.29 is 19.7 Å². The summed E-state index contributed by atoms with van der Waals surface area (Å²) in [7, 11) is 3.30. The summed E-state index contributed by atoms with van der Waals surface area (Å²) in [6.45, 7) is 1.95. The quantitative estimate of drug-likeness (QED) is 0.903. The van der Waals surface area contributed by atoms with Crippen molar-refractivity contribution >= 4 is 0 Å². The van der Waals surface area contributed by atoms with Gasteiger partial charge in [-0.1, -0.05) is 13.0 Å². The smallest absolute Gasteiger partial charge is 0.128 e. The summed E-state index contributed by atoms with van der Waals surface area (Å²) in [5.74, 6) is 1.95. The van der Waals surface area contributed by atoms with Crippen LogP contribution in [-0.2, 0) is 19.6 Å². The third kappa shape index (κ3) is 2.66. The molecular formula is C20H24O4. The summed E-state index contributed by atoms with van der Waals surface area (Å²) >= 11 is 0. The van der Waals surface area contributed by atoms with E-state index in [4.69, 9.17) is 9.47 Å². The zero-order valence-electron chi connectivity index (χ0n) is 14.4. The monoisotopic (exact) mass is 328 g/mol. The van der Waals surface area contributed by atoms with Gasteiger partial charge >= 0.3 is 0 Å². The van der Waals surface area contributed by atoms with Gasteiger partial charge in [-0.25, -0.2) is 0 Å². The average Bonchev–Trinajstić information content (AvgIpc) is 2.76. The minimum Gasteiger partial charge on any atom is -0.497 e. The second kappa shape index (κ2) is 6.83. The highest BCUT2D eigenvalue weighted by atomic mass is 16.5. The topological polar surface area (TPSA) is 58.9 Å². The maximum Gasteiger partial charge on any atom is 0.128 e. The maximum atomic E-state index is 9.74. The van der Waals surface area contributed by atoms with Crippen molar-refractivity contribution in [1.29, 1.82) is 0 Å². The molecule has 2 aromatic rings. The van der Waals surface area contributed by atoms with Gasteiger partial charge in [0.1, 0.15) is 11.5 Å². The van der Waals surface area contributed by atoms with E-state index in [1.165, 1.54) is 5.56 Å². The van der Waals surface area contributed by atoms with Crippen LogP contribution in [0.2, 0.25) is 0 Å². The summed E-state index contributed by atoms with van der Waals surface area (Å²) in [5, 5.41) is 19.5. The van der Waals surface area contributed by atoms with Crippen molar-refractivity contribution in [2.75, 3.05) is 14.2 Å². The Hall–Kier alpha value is -2.04. The molecule has 2 N–H and O–H groups in total. The first-order chi connectivity index (χ1) is 11.6. The van der Waals surface area contributed by atoms with Gasteiger partial charge in [-0.15, -0.1) is 0 Å². The molecule has 0 unspecified atom stereocenters. The Labute approximate surface area is 142 Å². The molecule has 4 nitrogen and oxygen atoms in total. The highest BCUT2D eigenvalue weighted by Crippen LogP contribution is 2.44. The molecule has 128 valence electrons. The molecule has 0 bridgehead atoms. The first-order valence-corrected chi connectivity index (χ1v) is 8.26. The molecule has 0 saturated heterocycles. The molecule has 1 aliphatic rings. The Morgan fingerprint density at radius 2 is 1.83 bits per heavy atom. The number of benzene rings is 2. The van der Waals surface area contributed by atoms with Gasteiger partial charge in [0.15, 0.2) is 0 Å². The number of fused-ring (bicyclic) bond motifs is 3. The molecule has 2 aromatic carbocycles. The van der Waals surface area contributed by atoms with E-state index in [1.54, 1.807) is 14.2 Å². The van der Waals surface area contributed by atoms with Crippen LogP contribution >= 0.6 is 0 Å². The fraction of sp³-hybridized carbons (Fsp3) is 0.400. The number of aliphatic hydroxyl groups excluding tert-OH is 2. The molecule has 1 atom stereocenters. The van der Waals surface area contributed by atoms with Crippen LogP contribution in [0, 0.1) is 0 Å². The molecule has 0 aromatic heterocycles. The average molecular weight is 328 g/mol. The van der Waals surface area contributed by atoms with Crippen LogP contribution < -0.4 is 9.47 Å².